The van der Waals surface area contributed by atoms with Crippen molar-refractivity contribution in [3.63, 3.8) is 0 Å². The Kier molecular flexibility index (Phi) is 6.45. The minimum atomic E-state index is -0.343. The largest absolute Gasteiger partial charge is 0.350 e. The van der Waals surface area contributed by atoms with Crippen LogP contribution in [-0.2, 0) is 13.1 Å². The number of anilines is 2. The molecule has 0 amide bonds. The molecule has 0 radical (unpaired) electrons. The van der Waals surface area contributed by atoms with Crippen LogP contribution in [0.2, 0.25) is 10.0 Å². The molecule has 0 bridgehead atoms. The van der Waals surface area contributed by atoms with E-state index in [9.17, 15) is 4.79 Å². The molecule has 0 aliphatic heterocycles. The summed E-state index contributed by atoms with van der Waals surface area (Å²) >= 11 is 12.1. The van der Waals surface area contributed by atoms with Gasteiger partial charge in [-0.25, -0.2) is 0 Å². The number of hydrogen-bond donors (Lipinski definition) is 2. The number of hydrogen-bond acceptors (Lipinski definition) is 6. The van der Waals surface area contributed by atoms with Crippen molar-refractivity contribution in [2.24, 2.45) is 0 Å². The van der Waals surface area contributed by atoms with E-state index in [1.165, 1.54) is 10.9 Å². The molecule has 9 heteroatoms. The lowest BCUT2D eigenvalue weighted by Gasteiger charge is -2.07. The summed E-state index contributed by atoms with van der Waals surface area (Å²) in [5.74, 6) is 0.276. The average molecular weight is 453 g/mol. The maximum absolute atomic E-state index is 13.0. The zero-order valence-electron chi connectivity index (χ0n) is 16.3. The fourth-order valence-corrected chi connectivity index (χ4v) is 3.34. The highest BCUT2D eigenvalue weighted by atomic mass is 35.5. The van der Waals surface area contributed by atoms with Gasteiger partial charge < -0.3 is 10.6 Å². The molecule has 2 N–H and O–H groups in total. The Morgan fingerprint density at radius 1 is 0.903 bits per heavy atom. The maximum atomic E-state index is 13.0. The van der Waals surface area contributed by atoms with Crippen LogP contribution in [0, 0.1) is 0 Å². The lowest BCUT2D eigenvalue weighted by atomic mass is 10.2. The number of carbonyl (C=O) groups excluding carboxylic acids is 1. The summed E-state index contributed by atoms with van der Waals surface area (Å²) < 4.78 is 1.22. The molecule has 2 heterocycles. The minimum Gasteiger partial charge on any atom is -0.350 e. The zero-order valence-corrected chi connectivity index (χ0v) is 17.8. The van der Waals surface area contributed by atoms with Gasteiger partial charge in [0.15, 0.2) is 0 Å². The van der Waals surface area contributed by atoms with Crippen LogP contribution in [0.5, 0.6) is 0 Å². The van der Waals surface area contributed by atoms with Crippen LogP contribution >= 0.6 is 23.2 Å². The molecule has 0 aliphatic rings. The molecule has 156 valence electrons. The summed E-state index contributed by atoms with van der Waals surface area (Å²) in [5, 5.41) is 11.9. The Morgan fingerprint density at radius 2 is 1.58 bits per heavy atom. The van der Waals surface area contributed by atoms with E-state index in [1.807, 2.05) is 42.5 Å². The summed E-state index contributed by atoms with van der Waals surface area (Å²) in [6, 6.07) is 18.3. The van der Waals surface area contributed by atoms with Gasteiger partial charge >= 0.3 is 0 Å². The van der Waals surface area contributed by atoms with Gasteiger partial charge in [-0.2, -0.15) is 9.67 Å². The molecular weight excluding hydrogens is 435 g/mol. The van der Waals surface area contributed by atoms with Gasteiger partial charge in [0.25, 0.3) is 5.91 Å². The molecule has 0 aliphatic carbocycles. The second kappa shape index (κ2) is 9.59. The third-order valence-corrected chi connectivity index (χ3v) is 4.86. The number of nitrogens with one attached hydrogen (secondary N) is 2. The zero-order chi connectivity index (χ0) is 21.6. The normalized spacial score (nSPS) is 10.6. The highest BCUT2D eigenvalue weighted by molar-refractivity contribution is 6.30. The first-order chi connectivity index (χ1) is 15.1. The quantitative estimate of drug-likeness (QED) is 0.415. The molecule has 2 aromatic heterocycles. The van der Waals surface area contributed by atoms with Gasteiger partial charge in [0.05, 0.1) is 5.56 Å². The van der Waals surface area contributed by atoms with Crippen LogP contribution in [-0.4, -0.2) is 25.7 Å². The van der Waals surface area contributed by atoms with E-state index >= 15 is 0 Å². The summed E-state index contributed by atoms with van der Waals surface area (Å²) in [6.07, 6.45) is 3.10. The monoisotopic (exact) mass is 452 g/mol. The number of nitrogens with zero attached hydrogens (tertiary/aromatic N) is 4. The molecule has 0 spiro atoms. The first kappa shape index (κ1) is 20.8. The maximum Gasteiger partial charge on any atom is 0.283 e. The van der Waals surface area contributed by atoms with Crippen LogP contribution < -0.4 is 10.6 Å². The third-order valence-electron chi connectivity index (χ3n) is 4.39. The highest BCUT2D eigenvalue weighted by Crippen LogP contribution is 2.17. The van der Waals surface area contributed by atoms with E-state index in [1.54, 1.807) is 24.4 Å². The molecule has 0 fully saturated rings. The molecule has 31 heavy (non-hydrogen) atoms. The number of aromatic nitrogens is 4. The van der Waals surface area contributed by atoms with E-state index in [2.05, 4.69) is 25.7 Å². The molecule has 2 aromatic carbocycles. The Balaban J connectivity index is 1.57. The van der Waals surface area contributed by atoms with Crippen molar-refractivity contribution >= 4 is 41.0 Å². The van der Waals surface area contributed by atoms with Crippen LogP contribution in [0.4, 0.5) is 11.9 Å². The van der Waals surface area contributed by atoms with Crippen LogP contribution in [0.3, 0.4) is 0 Å². The lowest BCUT2D eigenvalue weighted by molar-refractivity contribution is 0.0947. The topological polar surface area (TPSA) is 84.7 Å². The molecule has 0 unspecified atom stereocenters. The predicted molar refractivity (Wildman–Crippen MR) is 122 cm³/mol. The minimum absolute atomic E-state index is 0.308. The molecule has 7 nitrogen and oxygen atoms in total. The Labute approximate surface area is 189 Å². The summed E-state index contributed by atoms with van der Waals surface area (Å²) in [6.45, 7) is 0.882. The van der Waals surface area contributed by atoms with Crippen LogP contribution in [0.25, 0.3) is 0 Å². The fraction of sp³-hybridized carbons (Fsp3) is 0.0909. The Bertz CT molecular complexity index is 1200. The van der Waals surface area contributed by atoms with E-state index in [0.29, 0.717) is 40.6 Å². The number of halogens is 2. The standard InChI is InChI=1S/C22H18Cl2N6O/c23-18-7-1-4-15(10-18)12-26-21-28-22(27-13-16-5-2-8-19(24)11-16)30(29-21)20(31)17-6-3-9-25-14-17/h1-11,14H,12-13H2,(H2,26,27,28,29). The first-order valence-electron chi connectivity index (χ1n) is 9.47. The number of carbonyl (C=O) groups is 1. The van der Waals surface area contributed by atoms with E-state index in [-0.39, 0.29) is 5.91 Å². The van der Waals surface area contributed by atoms with Crippen LogP contribution in [0.15, 0.2) is 73.1 Å². The van der Waals surface area contributed by atoms with Crippen molar-refractivity contribution in [1.29, 1.82) is 0 Å². The summed E-state index contributed by atoms with van der Waals surface area (Å²) in [7, 11) is 0. The third kappa shape index (κ3) is 5.39. The van der Waals surface area contributed by atoms with Crippen molar-refractivity contribution in [3.8, 4) is 0 Å². The molecule has 4 rings (SSSR count). The molecular formula is C22H18Cl2N6O. The van der Waals surface area contributed by atoms with Crippen molar-refractivity contribution in [1.82, 2.24) is 19.7 Å². The van der Waals surface area contributed by atoms with Gasteiger partial charge in [0.2, 0.25) is 11.9 Å². The van der Waals surface area contributed by atoms with Gasteiger partial charge in [-0.05, 0) is 47.5 Å². The molecule has 0 saturated heterocycles. The second-order valence-electron chi connectivity index (χ2n) is 6.68. The van der Waals surface area contributed by atoms with E-state index in [0.717, 1.165) is 11.1 Å². The van der Waals surface area contributed by atoms with Gasteiger partial charge in [-0.3, -0.25) is 9.78 Å². The predicted octanol–water partition coefficient (Wildman–Crippen LogP) is 4.89. The van der Waals surface area contributed by atoms with E-state index in [4.69, 9.17) is 23.2 Å². The highest BCUT2D eigenvalue weighted by Gasteiger charge is 2.18. The molecule has 4 aromatic rings. The smallest absolute Gasteiger partial charge is 0.283 e. The van der Waals surface area contributed by atoms with Gasteiger partial charge in [-0.1, -0.05) is 47.5 Å². The van der Waals surface area contributed by atoms with Gasteiger partial charge in [-0.15, -0.1) is 5.10 Å². The summed E-state index contributed by atoms with van der Waals surface area (Å²) in [4.78, 5) is 21.4. The fourth-order valence-electron chi connectivity index (χ4n) is 2.91. The number of benzene rings is 2. The Morgan fingerprint density at radius 3 is 2.19 bits per heavy atom. The first-order valence-corrected chi connectivity index (χ1v) is 10.2. The molecule has 0 saturated carbocycles. The van der Waals surface area contributed by atoms with Crippen molar-refractivity contribution in [2.75, 3.05) is 10.6 Å². The number of pyridine rings is 1. The summed E-state index contributed by atoms with van der Waals surface area (Å²) in [5.41, 5.74) is 2.32. The van der Waals surface area contributed by atoms with Crippen molar-refractivity contribution in [2.45, 2.75) is 13.1 Å². The van der Waals surface area contributed by atoms with E-state index < -0.39 is 0 Å². The molecule has 0 atom stereocenters. The second-order valence-corrected chi connectivity index (χ2v) is 7.56. The number of rotatable bonds is 7. The van der Waals surface area contributed by atoms with Gasteiger partial charge in [0, 0.05) is 35.5 Å². The lowest BCUT2D eigenvalue weighted by Crippen LogP contribution is -2.17. The Hall–Kier alpha value is -3.42. The van der Waals surface area contributed by atoms with Gasteiger partial charge in [0.1, 0.15) is 0 Å². The SMILES string of the molecule is O=C(c1cccnc1)n1nc(NCc2cccc(Cl)c2)nc1NCc1cccc(Cl)c1. The van der Waals surface area contributed by atoms with Crippen molar-refractivity contribution < 1.29 is 4.79 Å². The van der Waals surface area contributed by atoms with Crippen LogP contribution in [0.1, 0.15) is 21.5 Å². The average Bonchev–Trinajstić information content (AvgIpc) is 3.20. The van der Waals surface area contributed by atoms with Crippen molar-refractivity contribution in [3.05, 3.63) is 99.8 Å².